The first-order chi connectivity index (χ1) is 9.43. The van der Waals surface area contributed by atoms with Gasteiger partial charge in [0.2, 0.25) is 5.91 Å². The molecule has 1 saturated heterocycles. The number of carboxylic acid groups (broad SMARTS) is 1. The van der Waals surface area contributed by atoms with Crippen LogP contribution < -0.4 is 10.2 Å². The fraction of sp³-hybridized carbons (Fsp3) is 0.308. The zero-order valence-corrected chi connectivity index (χ0v) is 11.5. The predicted octanol–water partition coefficient (Wildman–Crippen LogP) is 1.14. The number of nitrogens with zero attached hydrogens (tertiary/aromatic N) is 1. The number of carbonyl (C=O) groups is 3. The maximum absolute atomic E-state index is 11.8. The molecule has 1 atom stereocenters. The van der Waals surface area contributed by atoms with Gasteiger partial charge in [0.15, 0.2) is 0 Å². The summed E-state index contributed by atoms with van der Waals surface area (Å²) in [6.45, 7) is 0.115. The number of halogens is 1. The maximum Gasteiger partial charge on any atom is 0.308 e. The molecule has 1 aromatic carbocycles. The molecule has 6 nitrogen and oxygen atoms in total. The number of benzene rings is 1. The third kappa shape index (κ3) is 2.60. The molecule has 0 spiro atoms. The van der Waals surface area contributed by atoms with Crippen molar-refractivity contribution in [3.8, 4) is 0 Å². The third-order valence-corrected chi connectivity index (χ3v) is 3.52. The number of rotatable bonds is 3. The molecular formula is C13H13ClN2O4. The highest BCUT2D eigenvalue weighted by Crippen LogP contribution is 2.29. The second-order valence-electron chi connectivity index (χ2n) is 4.49. The molecule has 106 valence electrons. The molecule has 0 aliphatic carbocycles. The van der Waals surface area contributed by atoms with Gasteiger partial charge >= 0.3 is 5.97 Å². The molecule has 0 radical (unpaired) electrons. The lowest BCUT2D eigenvalue weighted by molar-refractivity contribution is -0.141. The van der Waals surface area contributed by atoms with Crippen LogP contribution in [0, 0.1) is 5.92 Å². The highest BCUT2D eigenvalue weighted by atomic mass is 35.5. The predicted molar refractivity (Wildman–Crippen MR) is 72.9 cm³/mol. The zero-order valence-electron chi connectivity index (χ0n) is 10.7. The van der Waals surface area contributed by atoms with Crippen molar-refractivity contribution in [2.24, 2.45) is 5.92 Å². The summed E-state index contributed by atoms with van der Waals surface area (Å²) in [6.07, 6.45) is -0.0237. The van der Waals surface area contributed by atoms with E-state index in [1.165, 1.54) is 24.1 Å². The van der Waals surface area contributed by atoms with Gasteiger partial charge in [0.05, 0.1) is 16.5 Å². The van der Waals surface area contributed by atoms with Crippen LogP contribution in [0.15, 0.2) is 18.2 Å². The molecule has 1 aliphatic heterocycles. The van der Waals surface area contributed by atoms with E-state index in [1.54, 1.807) is 6.07 Å². The number of aliphatic carboxylic acids is 1. The van der Waals surface area contributed by atoms with Crippen molar-refractivity contribution < 1.29 is 19.5 Å². The molecule has 2 N–H and O–H groups in total. The molecule has 7 heteroatoms. The topological polar surface area (TPSA) is 86.7 Å². The Hall–Kier alpha value is -2.08. The number of hydrogen-bond donors (Lipinski definition) is 2. The number of carbonyl (C=O) groups excluding carboxylic acids is 2. The van der Waals surface area contributed by atoms with Crippen LogP contribution in [-0.2, 0) is 9.59 Å². The molecule has 1 aromatic rings. The Morgan fingerprint density at radius 3 is 2.65 bits per heavy atom. The summed E-state index contributed by atoms with van der Waals surface area (Å²) >= 11 is 6.01. The molecule has 0 saturated carbocycles. The Balaban J connectivity index is 2.26. The molecule has 2 amide bonds. The van der Waals surface area contributed by atoms with E-state index < -0.39 is 11.9 Å². The van der Waals surface area contributed by atoms with Crippen LogP contribution in [0.2, 0.25) is 5.02 Å². The van der Waals surface area contributed by atoms with Gasteiger partial charge in [-0.25, -0.2) is 0 Å². The van der Waals surface area contributed by atoms with Crippen LogP contribution >= 0.6 is 11.6 Å². The molecule has 20 heavy (non-hydrogen) atoms. The largest absolute Gasteiger partial charge is 0.481 e. The first kappa shape index (κ1) is 14.3. The minimum Gasteiger partial charge on any atom is -0.481 e. The quantitative estimate of drug-likeness (QED) is 0.875. The summed E-state index contributed by atoms with van der Waals surface area (Å²) in [5.74, 6) is -2.28. The summed E-state index contributed by atoms with van der Waals surface area (Å²) in [5.41, 5.74) is 0.802. The Bertz CT molecular complexity index is 588. The van der Waals surface area contributed by atoms with Gasteiger partial charge in [-0.05, 0) is 18.2 Å². The summed E-state index contributed by atoms with van der Waals surface area (Å²) in [6, 6.07) is 4.59. The zero-order chi connectivity index (χ0) is 14.9. The van der Waals surface area contributed by atoms with E-state index in [1.807, 2.05) is 0 Å². The smallest absolute Gasteiger partial charge is 0.308 e. The van der Waals surface area contributed by atoms with Crippen molar-refractivity contribution in [3.63, 3.8) is 0 Å². The lowest BCUT2D eigenvalue weighted by Crippen LogP contribution is -2.26. The van der Waals surface area contributed by atoms with E-state index in [9.17, 15) is 14.4 Å². The Morgan fingerprint density at radius 1 is 1.45 bits per heavy atom. The van der Waals surface area contributed by atoms with Gasteiger partial charge in [-0.3, -0.25) is 14.4 Å². The number of anilines is 1. The Morgan fingerprint density at radius 2 is 2.15 bits per heavy atom. The third-order valence-electron chi connectivity index (χ3n) is 3.21. The van der Waals surface area contributed by atoms with Crippen LogP contribution in [0.3, 0.4) is 0 Å². The first-order valence-electron chi connectivity index (χ1n) is 5.99. The van der Waals surface area contributed by atoms with Crippen molar-refractivity contribution in [3.05, 3.63) is 28.8 Å². The molecule has 0 bridgehead atoms. The van der Waals surface area contributed by atoms with E-state index >= 15 is 0 Å². The van der Waals surface area contributed by atoms with Crippen LogP contribution in [0.4, 0.5) is 5.69 Å². The van der Waals surface area contributed by atoms with Crippen LogP contribution in [-0.4, -0.2) is 36.5 Å². The lowest BCUT2D eigenvalue weighted by Gasteiger charge is -2.17. The van der Waals surface area contributed by atoms with Gasteiger partial charge in [0.25, 0.3) is 5.91 Å². The summed E-state index contributed by atoms with van der Waals surface area (Å²) in [4.78, 5) is 35.6. The van der Waals surface area contributed by atoms with Gasteiger partial charge in [0, 0.05) is 25.7 Å². The molecule has 1 unspecified atom stereocenters. The van der Waals surface area contributed by atoms with Crippen molar-refractivity contribution in [2.75, 3.05) is 18.5 Å². The number of nitrogens with one attached hydrogen (secondary N) is 1. The second kappa shape index (κ2) is 5.50. The van der Waals surface area contributed by atoms with Crippen LogP contribution in [0.5, 0.6) is 0 Å². The minimum absolute atomic E-state index is 0.0237. The maximum atomic E-state index is 11.8. The average molecular weight is 297 g/mol. The van der Waals surface area contributed by atoms with Crippen molar-refractivity contribution in [1.29, 1.82) is 0 Å². The second-order valence-corrected chi connectivity index (χ2v) is 4.89. The van der Waals surface area contributed by atoms with Gasteiger partial charge < -0.3 is 15.3 Å². The van der Waals surface area contributed by atoms with Crippen molar-refractivity contribution in [1.82, 2.24) is 5.32 Å². The Kier molecular flexibility index (Phi) is 3.94. The SMILES string of the molecule is CNC(=O)c1ccc(N2CC(C(=O)O)CC2=O)cc1Cl. The van der Waals surface area contributed by atoms with Crippen molar-refractivity contribution >= 4 is 35.1 Å². The van der Waals surface area contributed by atoms with Crippen LogP contribution in [0.1, 0.15) is 16.8 Å². The molecule has 2 rings (SSSR count). The number of amides is 2. The first-order valence-corrected chi connectivity index (χ1v) is 6.36. The summed E-state index contributed by atoms with van der Waals surface area (Å²) in [7, 11) is 1.49. The lowest BCUT2D eigenvalue weighted by atomic mass is 10.1. The van der Waals surface area contributed by atoms with Gasteiger partial charge in [-0.2, -0.15) is 0 Å². The monoisotopic (exact) mass is 296 g/mol. The molecule has 0 aromatic heterocycles. The fourth-order valence-corrected chi connectivity index (χ4v) is 2.37. The van der Waals surface area contributed by atoms with Crippen molar-refractivity contribution in [2.45, 2.75) is 6.42 Å². The van der Waals surface area contributed by atoms with Crippen LogP contribution in [0.25, 0.3) is 0 Å². The van der Waals surface area contributed by atoms with Gasteiger partial charge in [0.1, 0.15) is 0 Å². The molecule has 1 heterocycles. The molecular weight excluding hydrogens is 284 g/mol. The van der Waals surface area contributed by atoms with E-state index in [2.05, 4.69) is 5.32 Å². The van der Waals surface area contributed by atoms with E-state index in [4.69, 9.17) is 16.7 Å². The normalized spacial score (nSPS) is 18.2. The molecule has 1 fully saturated rings. The van der Waals surface area contributed by atoms with E-state index in [-0.39, 0.29) is 29.8 Å². The highest BCUT2D eigenvalue weighted by molar-refractivity contribution is 6.34. The summed E-state index contributed by atoms with van der Waals surface area (Å²) < 4.78 is 0. The van der Waals surface area contributed by atoms with E-state index in [0.717, 1.165) is 0 Å². The number of carboxylic acids is 1. The number of hydrogen-bond acceptors (Lipinski definition) is 3. The highest BCUT2D eigenvalue weighted by Gasteiger charge is 2.35. The fourth-order valence-electron chi connectivity index (χ4n) is 2.11. The van der Waals surface area contributed by atoms with Gasteiger partial charge in [-0.15, -0.1) is 0 Å². The summed E-state index contributed by atoms with van der Waals surface area (Å²) in [5, 5.41) is 11.6. The Labute approximate surface area is 120 Å². The average Bonchev–Trinajstić information content (AvgIpc) is 2.80. The minimum atomic E-state index is -0.992. The molecule has 1 aliphatic rings. The van der Waals surface area contributed by atoms with Gasteiger partial charge in [-0.1, -0.05) is 11.6 Å². The standard InChI is InChI=1S/C13H13ClN2O4/c1-15-12(18)9-3-2-8(5-10(9)14)16-6-7(13(19)20)4-11(16)17/h2-3,5,7H,4,6H2,1H3,(H,15,18)(H,19,20). The van der Waals surface area contributed by atoms with E-state index in [0.29, 0.717) is 11.3 Å².